The molecular formula is C10H3BrClF3O2. The lowest BCUT2D eigenvalue weighted by Crippen LogP contribution is -2.11. The van der Waals surface area contributed by atoms with Crippen LogP contribution >= 0.6 is 27.5 Å². The average molecular weight is 327 g/mol. The van der Waals surface area contributed by atoms with Crippen molar-refractivity contribution in [2.45, 2.75) is 6.18 Å². The summed E-state index contributed by atoms with van der Waals surface area (Å²) < 4.78 is 42.2. The van der Waals surface area contributed by atoms with Crippen molar-refractivity contribution in [2.75, 3.05) is 0 Å². The summed E-state index contributed by atoms with van der Waals surface area (Å²) in [6.07, 6.45) is -4.70. The van der Waals surface area contributed by atoms with E-state index in [0.717, 1.165) is 0 Å². The minimum atomic E-state index is -4.70. The van der Waals surface area contributed by atoms with Crippen LogP contribution in [0, 0.1) is 0 Å². The Bertz CT molecular complexity index is 648. The van der Waals surface area contributed by atoms with Gasteiger partial charge < -0.3 is 4.42 Å². The maximum Gasteiger partial charge on any atom is 0.449 e. The van der Waals surface area contributed by atoms with Crippen molar-refractivity contribution in [3.05, 3.63) is 43.7 Å². The molecule has 0 unspecified atom stereocenters. The maximum atomic E-state index is 12.4. The third kappa shape index (κ3) is 2.32. The van der Waals surface area contributed by atoms with E-state index in [1.807, 2.05) is 0 Å². The smallest absolute Gasteiger partial charge is 0.449 e. The van der Waals surface area contributed by atoms with Gasteiger partial charge in [-0.2, -0.15) is 13.2 Å². The minimum absolute atomic E-state index is 0.00243. The number of hydrogen-bond acceptors (Lipinski definition) is 2. The first kappa shape index (κ1) is 12.4. The molecule has 0 saturated heterocycles. The van der Waals surface area contributed by atoms with Crippen LogP contribution in [0.15, 0.2) is 31.9 Å². The van der Waals surface area contributed by atoms with Crippen molar-refractivity contribution < 1.29 is 17.6 Å². The fourth-order valence-electron chi connectivity index (χ4n) is 1.32. The Morgan fingerprint density at radius 3 is 2.47 bits per heavy atom. The summed E-state index contributed by atoms with van der Waals surface area (Å²) in [7, 11) is 0. The zero-order chi connectivity index (χ0) is 12.8. The summed E-state index contributed by atoms with van der Waals surface area (Å²) >= 11 is 8.69. The van der Waals surface area contributed by atoms with Gasteiger partial charge in [-0.1, -0.05) is 11.6 Å². The Morgan fingerprint density at radius 2 is 1.88 bits per heavy atom. The number of halogens is 5. The van der Waals surface area contributed by atoms with Gasteiger partial charge in [0.25, 0.3) is 0 Å². The van der Waals surface area contributed by atoms with Gasteiger partial charge in [0, 0.05) is 11.1 Å². The zero-order valence-electron chi connectivity index (χ0n) is 7.94. The zero-order valence-corrected chi connectivity index (χ0v) is 10.3. The van der Waals surface area contributed by atoms with Crippen LogP contribution in [0.1, 0.15) is 5.76 Å². The molecule has 0 aliphatic rings. The molecule has 2 nitrogen and oxygen atoms in total. The highest BCUT2D eigenvalue weighted by atomic mass is 79.9. The molecule has 0 atom stereocenters. The molecule has 0 aliphatic carbocycles. The average Bonchev–Trinajstić information content (AvgIpc) is 2.17. The quantitative estimate of drug-likeness (QED) is 0.725. The second-order valence-electron chi connectivity index (χ2n) is 3.24. The van der Waals surface area contributed by atoms with Gasteiger partial charge in [0.05, 0.1) is 9.86 Å². The van der Waals surface area contributed by atoms with Crippen molar-refractivity contribution in [1.29, 1.82) is 0 Å². The van der Waals surface area contributed by atoms with Crippen LogP contribution in [-0.4, -0.2) is 0 Å². The predicted octanol–water partition coefficient (Wildman–Crippen LogP) is 4.23. The molecule has 0 fully saturated rings. The Labute approximate surface area is 106 Å². The molecule has 2 rings (SSSR count). The second kappa shape index (κ2) is 4.03. The van der Waals surface area contributed by atoms with Gasteiger partial charge in [-0.15, -0.1) is 0 Å². The molecule has 90 valence electrons. The van der Waals surface area contributed by atoms with E-state index in [0.29, 0.717) is 6.07 Å². The normalized spacial score (nSPS) is 12.1. The first-order valence-electron chi connectivity index (χ1n) is 4.29. The lowest BCUT2D eigenvalue weighted by atomic mass is 10.2. The summed E-state index contributed by atoms with van der Waals surface area (Å²) in [5.74, 6) is -1.34. The van der Waals surface area contributed by atoms with E-state index in [2.05, 4.69) is 20.3 Å². The van der Waals surface area contributed by atoms with Crippen LogP contribution in [-0.2, 0) is 6.18 Å². The molecule has 0 saturated carbocycles. The first-order valence-corrected chi connectivity index (χ1v) is 5.46. The largest absolute Gasteiger partial charge is 0.450 e. The summed E-state index contributed by atoms with van der Waals surface area (Å²) in [5, 5.41) is 0.230. The van der Waals surface area contributed by atoms with Crippen LogP contribution in [0.2, 0.25) is 5.02 Å². The fraction of sp³-hybridized carbons (Fsp3) is 0.100. The van der Waals surface area contributed by atoms with Crippen molar-refractivity contribution >= 4 is 38.5 Å². The predicted molar refractivity (Wildman–Crippen MR) is 60.2 cm³/mol. The molecule has 2 aromatic rings. The Balaban J connectivity index is 2.88. The summed E-state index contributed by atoms with van der Waals surface area (Å²) in [5.41, 5.74) is -0.962. The number of benzene rings is 1. The van der Waals surface area contributed by atoms with Gasteiger partial charge in [0.1, 0.15) is 0 Å². The lowest BCUT2D eigenvalue weighted by molar-refractivity contribution is -0.152. The number of alkyl halides is 3. The molecule has 0 N–H and O–H groups in total. The molecule has 0 bridgehead atoms. The maximum absolute atomic E-state index is 12.4. The Morgan fingerprint density at radius 1 is 1.24 bits per heavy atom. The van der Waals surface area contributed by atoms with Crippen LogP contribution in [0.25, 0.3) is 11.0 Å². The topological polar surface area (TPSA) is 30.2 Å². The molecule has 0 spiro atoms. The summed E-state index contributed by atoms with van der Waals surface area (Å²) in [6, 6.07) is 3.02. The highest BCUT2D eigenvalue weighted by Crippen LogP contribution is 2.33. The minimum Gasteiger partial charge on any atom is -0.450 e. The van der Waals surface area contributed by atoms with Crippen LogP contribution < -0.4 is 5.43 Å². The second-order valence-corrected chi connectivity index (χ2v) is 4.53. The number of rotatable bonds is 0. The van der Waals surface area contributed by atoms with E-state index in [-0.39, 0.29) is 20.5 Å². The molecule has 1 aromatic heterocycles. The van der Waals surface area contributed by atoms with E-state index >= 15 is 0 Å². The van der Waals surface area contributed by atoms with Crippen LogP contribution in [0.3, 0.4) is 0 Å². The van der Waals surface area contributed by atoms with Gasteiger partial charge in [-0.25, -0.2) is 0 Å². The highest BCUT2D eigenvalue weighted by Gasteiger charge is 2.35. The fourth-order valence-corrected chi connectivity index (χ4v) is 2.21. The van der Waals surface area contributed by atoms with E-state index < -0.39 is 17.4 Å². The van der Waals surface area contributed by atoms with E-state index in [4.69, 9.17) is 11.6 Å². The highest BCUT2D eigenvalue weighted by molar-refractivity contribution is 9.10. The number of hydrogen-bond donors (Lipinski definition) is 0. The van der Waals surface area contributed by atoms with E-state index in [1.54, 1.807) is 0 Å². The van der Waals surface area contributed by atoms with Crippen molar-refractivity contribution in [3.8, 4) is 0 Å². The molecule has 1 aromatic carbocycles. The van der Waals surface area contributed by atoms with E-state index in [9.17, 15) is 18.0 Å². The number of fused-ring (bicyclic) bond motifs is 1. The first-order chi connectivity index (χ1) is 7.79. The molecular weight excluding hydrogens is 324 g/mol. The summed E-state index contributed by atoms with van der Waals surface area (Å²) in [6.45, 7) is 0. The van der Waals surface area contributed by atoms with Gasteiger partial charge in [0.2, 0.25) is 5.76 Å². The van der Waals surface area contributed by atoms with Crippen LogP contribution in [0.4, 0.5) is 13.2 Å². The van der Waals surface area contributed by atoms with Crippen molar-refractivity contribution in [2.24, 2.45) is 0 Å². The third-order valence-electron chi connectivity index (χ3n) is 2.03. The molecule has 0 radical (unpaired) electrons. The lowest BCUT2D eigenvalue weighted by Gasteiger charge is -2.07. The molecule has 0 amide bonds. The molecule has 0 aliphatic heterocycles. The molecule has 17 heavy (non-hydrogen) atoms. The van der Waals surface area contributed by atoms with E-state index in [1.165, 1.54) is 12.1 Å². The third-order valence-corrected chi connectivity index (χ3v) is 2.83. The molecule has 7 heteroatoms. The van der Waals surface area contributed by atoms with Gasteiger partial charge >= 0.3 is 6.18 Å². The van der Waals surface area contributed by atoms with Gasteiger partial charge in [0.15, 0.2) is 11.0 Å². The molecule has 1 heterocycles. The van der Waals surface area contributed by atoms with Crippen LogP contribution in [0.5, 0.6) is 0 Å². The van der Waals surface area contributed by atoms with Gasteiger partial charge in [-0.05, 0) is 28.1 Å². The Hall–Kier alpha value is -1.01. The Kier molecular flexibility index (Phi) is 2.95. The SMILES string of the molecule is O=c1cc(C(F)(F)F)oc2c(Br)cc(Cl)cc12. The van der Waals surface area contributed by atoms with Crippen molar-refractivity contribution in [1.82, 2.24) is 0 Å². The summed E-state index contributed by atoms with van der Waals surface area (Å²) in [4.78, 5) is 11.5. The van der Waals surface area contributed by atoms with Gasteiger partial charge in [-0.3, -0.25) is 4.79 Å². The monoisotopic (exact) mass is 326 g/mol. The van der Waals surface area contributed by atoms with Crippen molar-refractivity contribution in [3.63, 3.8) is 0 Å². The standard InChI is InChI=1S/C10H3BrClF3O2/c11-6-2-4(12)1-5-7(16)3-8(10(13,14)15)17-9(5)6/h1-3H.